The zero-order valence-electron chi connectivity index (χ0n) is 12.2. The fourth-order valence-electron chi connectivity index (χ4n) is 2.47. The summed E-state index contributed by atoms with van der Waals surface area (Å²) in [6.45, 7) is 3.60. The molecule has 1 aliphatic rings. The van der Waals surface area contributed by atoms with Crippen LogP contribution in [0.4, 0.5) is 0 Å². The topological polar surface area (TPSA) is 86.7 Å². The van der Waals surface area contributed by atoms with E-state index in [1.807, 2.05) is 6.92 Å². The third-order valence-corrected chi connectivity index (χ3v) is 5.45. The van der Waals surface area contributed by atoms with Crippen LogP contribution in [0.25, 0.3) is 0 Å². The summed E-state index contributed by atoms with van der Waals surface area (Å²) in [7, 11) is -3.35. The number of rotatable bonds is 9. The van der Waals surface area contributed by atoms with Gasteiger partial charge in [-0.3, -0.25) is 4.79 Å². The molecule has 1 fully saturated rings. The second-order valence-corrected chi connectivity index (χ2v) is 7.11. The first-order chi connectivity index (χ1) is 9.45. The lowest BCUT2D eigenvalue weighted by Gasteiger charge is -2.26. The van der Waals surface area contributed by atoms with E-state index >= 15 is 0 Å². The van der Waals surface area contributed by atoms with Gasteiger partial charge in [0.2, 0.25) is 0 Å². The molecule has 1 atom stereocenters. The number of hydrogen-bond acceptors (Lipinski definition) is 3. The summed E-state index contributed by atoms with van der Waals surface area (Å²) in [6.07, 6.45) is 5.28. The Balaban J connectivity index is 2.31. The van der Waals surface area contributed by atoms with Gasteiger partial charge in [0.15, 0.2) is 0 Å². The molecule has 0 radical (unpaired) electrons. The molecule has 0 amide bonds. The molecule has 1 heterocycles. The highest BCUT2D eigenvalue weighted by Crippen LogP contribution is 2.16. The van der Waals surface area contributed by atoms with Crippen molar-refractivity contribution < 1.29 is 18.3 Å². The monoisotopic (exact) mass is 306 g/mol. The first kappa shape index (κ1) is 17.4. The van der Waals surface area contributed by atoms with Gasteiger partial charge in [0.1, 0.15) is 0 Å². The van der Waals surface area contributed by atoms with E-state index in [1.165, 1.54) is 4.31 Å². The smallest absolute Gasteiger partial charge is 0.303 e. The summed E-state index contributed by atoms with van der Waals surface area (Å²) in [6, 6.07) is 0. The number of aliphatic carboxylic acids is 1. The van der Waals surface area contributed by atoms with E-state index in [-0.39, 0.29) is 12.3 Å². The zero-order chi connectivity index (χ0) is 15.0. The molecule has 0 bridgehead atoms. The Morgan fingerprint density at radius 2 is 1.90 bits per heavy atom. The standard InChI is InChI=1S/C13H26N2O4S/c1-2-12(6-7-13(16)17)8-9-14-20(18,19)15-10-4-3-5-11-15/h12,14H,2-11H2,1H3,(H,16,17). The number of carboxylic acid groups (broad SMARTS) is 1. The van der Waals surface area contributed by atoms with Crippen molar-refractivity contribution in [2.75, 3.05) is 19.6 Å². The summed E-state index contributed by atoms with van der Waals surface area (Å²) < 4.78 is 28.2. The molecule has 2 N–H and O–H groups in total. The van der Waals surface area contributed by atoms with Gasteiger partial charge in [-0.1, -0.05) is 19.8 Å². The van der Waals surface area contributed by atoms with Crippen LogP contribution in [0.1, 0.15) is 51.9 Å². The number of carbonyl (C=O) groups is 1. The number of nitrogens with one attached hydrogen (secondary N) is 1. The third kappa shape index (κ3) is 6.19. The van der Waals surface area contributed by atoms with Crippen molar-refractivity contribution in [2.24, 2.45) is 5.92 Å². The summed E-state index contributed by atoms with van der Waals surface area (Å²) in [5.74, 6) is -0.535. The molecule has 0 spiro atoms. The molecule has 1 aliphatic heterocycles. The van der Waals surface area contributed by atoms with E-state index in [4.69, 9.17) is 5.11 Å². The van der Waals surface area contributed by atoms with Crippen LogP contribution in [0.15, 0.2) is 0 Å². The van der Waals surface area contributed by atoms with Crippen molar-refractivity contribution in [3.63, 3.8) is 0 Å². The molecule has 118 valence electrons. The fraction of sp³-hybridized carbons (Fsp3) is 0.923. The Morgan fingerprint density at radius 1 is 1.25 bits per heavy atom. The highest BCUT2D eigenvalue weighted by molar-refractivity contribution is 7.87. The molecule has 1 saturated heterocycles. The van der Waals surface area contributed by atoms with E-state index in [9.17, 15) is 13.2 Å². The van der Waals surface area contributed by atoms with Gasteiger partial charge in [-0.15, -0.1) is 0 Å². The third-order valence-electron chi connectivity index (χ3n) is 3.84. The van der Waals surface area contributed by atoms with Crippen molar-refractivity contribution in [3.8, 4) is 0 Å². The molecule has 0 aromatic heterocycles. The van der Waals surface area contributed by atoms with Crippen LogP contribution >= 0.6 is 0 Å². The van der Waals surface area contributed by atoms with Crippen LogP contribution in [0.3, 0.4) is 0 Å². The van der Waals surface area contributed by atoms with Gasteiger partial charge in [0.05, 0.1) is 0 Å². The summed E-state index contributed by atoms with van der Waals surface area (Å²) >= 11 is 0. The summed E-state index contributed by atoms with van der Waals surface area (Å²) in [4.78, 5) is 10.5. The van der Waals surface area contributed by atoms with Crippen LogP contribution in [-0.4, -0.2) is 43.4 Å². The van der Waals surface area contributed by atoms with Gasteiger partial charge in [-0.05, 0) is 31.6 Å². The normalized spacial score (nSPS) is 18.9. The average molecular weight is 306 g/mol. The highest BCUT2D eigenvalue weighted by Gasteiger charge is 2.23. The number of hydrogen-bond donors (Lipinski definition) is 2. The quantitative estimate of drug-likeness (QED) is 0.677. The van der Waals surface area contributed by atoms with Crippen molar-refractivity contribution in [2.45, 2.75) is 51.9 Å². The van der Waals surface area contributed by atoms with Crippen molar-refractivity contribution in [1.82, 2.24) is 9.03 Å². The predicted octanol–water partition coefficient (Wildman–Crippen LogP) is 1.59. The molecule has 6 nitrogen and oxygen atoms in total. The van der Waals surface area contributed by atoms with E-state index in [2.05, 4.69) is 4.72 Å². The minimum Gasteiger partial charge on any atom is -0.481 e. The lowest BCUT2D eigenvalue weighted by Crippen LogP contribution is -2.43. The van der Waals surface area contributed by atoms with Gasteiger partial charge < -0.3 is 5.11 Å². The number of carboxylic acids is 1. The minimum absolute atomic E-state index is 0.150. The molecule has 7 heteroatoms. The van der Waals surface area contributed by atoms with Crippen molar-refractivity contribution >= 4 is 16.2 Å². The maximum Gasteiger partial charge on any atom is 0.303 e. The molecule has 0 aromatic rings. The van der Waals surface area contributed by atoms with Crippen molar-refractivity contribution in [3.05, 3.63) is 0 Å². The van der Waals surface area contributed by atoms with Gasteiger partial charge in [0.25, 0.3) is 10.2 Å². The second-order valence-electron chi connectivity index (χ2n) is 5.35. The molecule has 1 unspecified atom stereocenters. The molecular formula is C13H26N2O4S. The fourth-order valence-corrected chi connectivity index (χ4v) is 3.77. The first-order valence-electron chi connectivity index (χ1n) is 7.42. The summed E-state index contributed by atoms with van der Waals surface area (Å²) in [5.41, 5.74) is 0. The highest BCUT2D eigenvalue weighted by atomic mass is 32.2. The summed E-state index contributed by atoms with van der Waals surface area (Å²) in [5, 5.41) is 8.66. The number of piperidine rings is 1. The van der Waals surface area contributed by atoms with E-state index in [0.717, 1.165) is 25.7 Å². The lowest BCUT2D eigenvalue weighted by molar-refractivity contribution is -0.137. The Kier molecular flexibility index (Phi) is 7.47. The molecule has 1 rings (SSSR count). The van der Waals surface area contributed by atoms with E-state index in [1.54, 1.807) is 0 Å². The van der Waals surface area contributed by atoms with Gasteiger partial charge in [-0.25, -0.2) is 4.72 Å². The Labute approximate surface area is 121 Å². The van der Waals surface area contributed by atoms with Crippen LogP contribution in [0.2, 0.25) is 0 Å². The lowest BCUT2D eigenvalue weighted by atomic mass is 9.97. The Bertz CT molecular complexity index is 391. The van der Waals surface area contributed by atoms with E-state index < -0.39 is 16.2 Å². The van der Waals surface area contributed by atoms with Crippen LogP contribution in [0.5, 0.6) is 0 Å². The number of nitrogens with zero attached hydrogens (tertiary/aromatic N) is 1. The Morgan fingerprint density at radius 3 is 2.45 bits per heavy atom. The SMILES string of the molecule is CCC(CCNS(=O)(=O)N1CCCCC1)CCC(=O)O. The van der Waals surface area contributed by atoms with Crippen LogP contribution in [-0.2, 0) is 15.0 Å². The van der Waals surface area contributed by atoms with Crippen LogP contribution in [0, 0.1) is 5.92 Å². The minimum atomic E-state index is -3.35. The largest absolute Gasteiger partial charge is 0.481 e. The maximum atomic E-state index is 12.0. The van der Waals surface area contributed by atoms with Gasteiger partial charge in [0, 0.05) is 26.1 Å². The van der Waals surface area contributed by atoms with Crippen molar-refractivity contribution in [1.29, 1.82) is 0 Å². The molecule has 0 aromatic carbocycles. The molecule has 0 aliphatic carbocycles. The zero-order valence-corrected chi connectivity index (χ0v) is 13.0. The Hall–Kier alpha value is -0.660. The molecular weight excluding hydrogens is 280 g/mol. The van der Waals surface area contributed by atoms with E-state index in [0.29, 0.717) is 32.5 Å². The average Bonchev–Trinajstić information content (AvgIpc) is 2.43. The first-order valence-corrected chi connectivity index (χ1v) is 8.86. The maximum absolute atomic E-state index is 12.0. The van der Waals surface area contributed by atoms with Gasteiger partial charge >= 0.3 is 5.97 Å². The molecule has 0 saturated carbocycles. The van der Waals surface area contributed by atoms with Gasteiger partial charge in [-0.2, -0.15) is 12.7 Å². The molecule has 20 heavy (non-hydrogen) atoms. The second kappa shape index (κ2) is 8.59. The predicted molar refractivity (Wildman–Crippen MR) is 77.6 cm³/mol. The van der Waals surface area contributed by atoms with Crippen LogP contribution < -0.4 is 4.72 Å².